The lowest BCUT2D eigenvalue weighted by Crippen LogP contribution is -2.48. The molecule has 2 N–H and O–H groups in total. The Morgan fingerprint density at radius 3 is 2.70 bits per heavy atom. The molecule has 1 unspecified atom stereocenters. The Labute approximate surface area is 138 Å². The van der Waals surface area contributed by atoms with Crippen LogP contribution in [0, 0.1) is 0 Å². The van der Waals surface area contributed by atoms with Gasteiger partial charge in [-0.25, -0.2) is 0 Å². The van der Waals surface area contributed by atoms with Crippen molar-refractivity contribution in [3.05, 3.63) is 59.1 Å². The van der Waals surface area contributed by atoms with Gasteiger partial charge in [-0.15, -0.1) is 0 Å². The molecule has 1 aliphatic heterocycles. The van der Waals surface area contributed by atoms with Crippen molar-refractivity contribution in [1.82, 2.24) is 5.32 Å². The standard InChI is InChI=1S/C17H15ClN2O3/c18-12-7-5-11(6-8-12)9-10-19-16(21)15-17(22)20-13-3-1-2-4-14(13)23-15/h1-8,15H,9-10H2,(H,19,21)(H,20,22). The summed E-state index contributed by atoms with van der Waals surface area (Å²) in [6, 6.07) is 14.4. The predicted molar refractivity (Wildman–Crippen MR) is 87.7 cm³/mol. The summed E-state index contributed by atoms with van der Waals surface area (Å²) >= 11 is 5.82. The van der Waals surface area contributed by atoms with Gasteiger partial charge in [0.1, 0.15) is 5.75 Å². The fraction of sp³-hybridized carbons (Fsp3) is 0.176. The highest BCUT2D eigenvalue weighted by Crippen LogP contribution is 2.28. The van der Waals surface area contributed by atoms with Gasteiger partial charge in [-0.3, -0.25) is 9.59 Å². The zero-order valence-corrected chi connectivity index (χ0v) is 13.0. The number of halogens is 1. The lowest BCUT2D eigenvalue weighted by atomic mass is 10.1. The molecule has 1 atom stereocenters. The van der Waals surface area contributed by atoms with Crippen LogP contribution in [-0.4, -0.2) is 24.5 Å². The Kier molecular flexibility index (Phi) is 4.48. The van der Waals surface area contributed by atoms with Gasteiger partial charge in [-0.05, 0) is 36.2 Å². The first-order valence-electron chi connectivity index (χ1n) is 7.22. The van der Waals surface area contributed by atoms with Crippen LogP contribution < -0.4 is 15.4 Å². The largest absolute Gasteiger partial charge is 0.468 e. The molecule has 118 valence electrons. The van der Waals surface area contributed by atoms with E-state index >= 15 is 0 Å². The van der Waals surface area contributed by atoms with E-state index in [4.69, 9.17) is 16.3 Å². The van der Waals surface area contributed by atoms with Crippen LogP contribution in [0.4, 0.5) is 5.69 Å². The lowest BCUT2D eigenvalue weighted by Gasteiger charge is -2.24. The molecule has 6 heteroatoms. The number of carbonyl (C=O) groups excluding carboxylic acids is 2. The molecule has 2 amide bonds. The maximum absolute atomic E-state index is 12.1. The number of para-hydroxylation sites is 2. The van der Waals surface area contributed by atoms with E-state index in [2.05, 4.69) is 10.6 Å². The molecule has 5 nitrogen and oxygen atoms in total. The molecule has 0 spiro atoms. The lowest BCUT2D eigenvalue weighted by molar-refractivity contribution is -0.137. The summed E-state index contributed by atoms with van der Waals surface area (Å²) in [6.45, 7) is 0.412. The molecule has 2 aromatic rings. The maximum Gasteiger partial charge on any atom is 0.275 e. The van der Waals surface area contributed by atoms with Crippen LogP contribution in [0.1, 0.15) is 5.56 Å². The first kappa shape index (κ1) is 15.4. The number of rotatable bonds is 4. The minimum Gasteiger partial charge on any atom is -0.468 e. The fourth-order valence-corrected chi connectivity index (χ4v) is 2.42. The Bertz CT molecular complexity index is 731. The summed E-state index contributed by atoms with van der Waals surface area (Å²) in [5, 5.41) is 6.05. The molecule has 0 aromatic heterocycles. The van der Waals surface area contributed by atoms with Crippen LogP contribution in [0.2, 0.25) is 5.02 Å². The van der Waals surface area contributed by atoms with Gasteiger partial charge in [-0.2, -0.15) is 0 Å². The molecule has 2 aromatic carbocycles. The molecule has 0 radical (unpaired) electrons. The second-order valence-corrected chi connectivity index (χ2v) is 5.59. The number of fused-ring (bicyclic) bond motifs is 1. The Morgan fingerprint density at radius 2 is 1.91 bits per heavy atom. The average Bonchev–Trinajstić information content (AvgIpc) is 2.56. The first-order valence-corrected chi connectivity index (χ1v) is 7.60. The molecule has 3 rings (SSSR count). The van der Waals surface area contributed by atoms with Gasteiger partial charge in [0.2, 0.25) is 0 Å². The Hall–Kier alpha value is -2.53. The number of amides is 2. The van der Waals surface area contributed by atoms with E-state index in [1.807, 2.05) is 12.1 Å². The van der Waals surface area contributed by atoms with Crippen LogP contribution in [0.25, 0.3) is 0 Å². The highest BCUT2D eigenvalue weighted by Gasteiger charge is 2.33. The van der Waals surface area contributed by atoms with Crippen molar-refractivity contribution >= 4 is 29.1 Å². The van der Waals surface area contributed by atoms with Crippen LogP contribution in [0.15, 0.2) is 48.5 Å². The van der Waals surface area contributed by atoms with Crippen LogP contribution in [0.5, 0.6) is 5.75 Å². The van der Waals surface area contributed by atoms with Gasteiger partial charge in [0, 0.05) is 11.6 Å². The minimum atomic E-state index is -1.17. The Balaban J connectivity index is 1.56. The van der Waals surface area contributed by atoms with E-state index in [1.54, 1.807) is 36.4 Å². The third-order valence-corrected chi connectivity index (χ3v) is 3.74. The fourth-order valence-electron chi connectivity index (χ4n) is 2.30. The van der Waals surface area contributed by atoms with Gasteiger partial charge in [-0.1, -0.05) is 35.9 Å². The highest BCUT2D eigenvalue weighted by atomic mass is 35.5. The number of hydrogen-bond donors (Lipinski definition) is 2. The van der Waals surface area contributed by atoms with Crippen LogP contribution >= 0.6 is 11.6 Å². The Morgan fingerprint density at radius 1 is 1.17 bits per heavy atom. The summed E-state index contributed by atoms with van der Waals surface area (Å²) in [7, 11) is 0. The maximum atomic E-state index is 12.1. The summed E-state index contributed by atoms with van der Waals surface area (Å²) in [5.74, 6) is -0.427. The summed E-state index contributed by atoms with van der Waals surface area (Å²) in [4.78, 5) is 24.1. The zero-order chi connectivity index (χ0) is 16.2. The van der Waals surface area contributed by atoms with Crippen molar-refractivity contribution in [2.24, 2.45) is 0 Å². The van der Waals surface area contributed by atoms with E-state index in [9.17, 15) is 9.59 Å². The van der Waals surface area contributed by atoms with Gasteiger partial charge >= 0.3 is 0 Å². The minimum absolute atomic E-state index is 0.412. The van der Waals surface area contributed by atoms with Crippen molar-refractivity contribution in [3.8, 4) is 5.75 Å². The number of carbonyl (C=O) groups is 2. The first-order chi connectivity index (χ1) is 11.1. The summed E-state index contributed by atoms with van der Waals surface area (Å²) < 4.78 is 5.48. The molecule has 0 saturated carbocycles. The quantitative estimate of drug-likeness (QED) is 0.846. The van der Waals surface area contributed by atoms with Gasteiger partial charge in [0.15, 0.2) is 0 Å². The molecular formula is C17H15ClN2O3. The topological polar surface area (TPSA) is 67.4 Å². The third kappa shape index (κ3) is 3.63. The number of ether oxygens (including phenoxy) is 1. The summed E-state index contributed by atoms with van der Waals surface area (Å²) in [6.07, 6.45) is -0.525. The van der Waals surface area contributed by atoms with E-state index in [0.29, 0.717) is 29.4 Å². The van der Waals surface area contributed by atoms with Gasteiger partial charge < -0.3 is 15.4 Å². The van der Waals surface area contributed by atoms with Crippen molar-refractivity contribution in [2.45, 2.75) is 12.5 Å². The number of benzene rings is 2. The van der Waals surface area contributed by atoms with Crippen LogP contribution in [-0.2, 0) is 16.0 Å². The van der Waals surface area contributed by atoms with Crippen molar-refractivity contribution < 1.29 is 14.3 Å². The molecular weight excluding hydrogens is 316 g/mol. The monoisotopic (exact) mass is 330 g/mol. The van der Waals surface area contributed by atoms with E-state index < -0.39 is 17.9 Å². The molecule has 0 saturated heterocycles. The molecule has 1 aliphatic rings. The molecule has 23 heavy (non-hydrogen) atoms. The number of anilines is 1. The smallest absolute Gasteiger partial charge is 0.275 e. The van der Waals surface area contributed by atoms with Crippen molar-refractivity contribution in [1.29, 1.82) is 0 Å². The third-order valence-electron chi connectivity index (χ3n) is 3.49. The van der Waals surface area contributed by atoms with Crippen LogP contribution in [0.3, 0.4) is 0 Å². The van der Waals surface area contributed by atoms with E-state index in [1.165, 1.54) is 0 Å². The summed E-state index contributed by atoms with van der Waals surface area (Å²) in [5.41, 5.74) is 1.62. The number of nitrogens with one attached hydrogen (secondary N) is 2. The second kappa shape index (κ2) is 6.71. The second-order valence-electron chi connectivity index (χ2n) is 5.15. The van der Waals surface area contributed by atoms with Gasteiger partial charge in [0.25, 0.3) is 17.9 Å². The van der Waals surface area contributed by atoms with E-state index in [-0.39, 0.29) is 0 Å². The normalized spacial score (nSPS) is 16.0. The average molecular weight is 331 g/mol. The predicted octanol–water partition coefficient (Wildman–Crippen LogP) is 2.40. The molecule has 0 aliphatic carbocycles. The number of hydrogen-bond acceptors (Lipinski definition) is 3. The SMILES string of the molecule is O=C(NCCc1ccc(Cl)cc1)C1Oc2ccccc2NC1=O. The van der Waals surface area contributed by atoms with Gasteiger partial charge in [0.05, 0.1) is 5.69 Å². The highest BCUT2D eigenvalue weighted by molar-refractivity contribution is 6.30. The molecule has 0 bridgehead atoms. The van der Waals surface area contributed by atoms with E-state index in [0.717, 1.165) is 5.56 Å². The van der Waals surface area contributed by atoms with Crippen molar-refractivity contribution in [3.63, 3.8) is 0 Å². The molecule has 0 fully saturated rings. The zero-order valence-electron chi connectivity index (χ0n) is 12.2. The van der Waals surface area contributed by atoms with Crippen molar-refractivity contribution in [2.75, 3.05) is 11.9 Å². The molecule has 1 heterocycles.